The van der Waals surface area contributed by atoms with Crippen LogP contribution in [0.15, 0.2) is 54.6 Å². The Kier molecular flexibility index (Phi) is 10.8. The predicted octanol–water partition coefficient (Wildman–Crippen LogP) is 2.73. The third-order valence-electron chi connectivity index (χ3n) is 5.34. The molecule has 178 valence electrons. The maximum Gasteiger partial charge on any atom is 0.414 e. The van der Waals surface area contributed by atoms with Gasteiger partial charge in [-0.1, -0.05) is 54.1 Å². The molecule has 2 aromatic carbocycles. The summed E-state index contributed by atoms with van der Waals surface area (Å²) in [5.74, 6) is -3.44. The lowest BCUT2D eigenvalue weighted by atomic mass is 9.94. The Bertz CT molecular complexity index is 887. The van der Waals surface area contributed by atoms with Crippen LogP contribution in [0, 0.1) is 5.92 Å². The van der Waals surface area contributed by atoms with E-state index in [1.54, 1.807) is 4.90 Å². The lowest BCUT2D eigenvalue weighted by molar-refractivity contribution is -0.159. The maximum atomic E-state index is 13.0. The molecule has 8 nitrogen and oxygen atoms in total. The van der Waals surface area contributed by atoms with E-state index in [4.69, 9.17) is 31.4 Å². The van der Waals surface area contributed by atoms with Crippen molar-refractivity contribution in [3.63, 3.8) is 0 Å². The van der Waals surface area contributed by atoms with Crippen LogP contribution in [0.1, 0.15) is 24.0 Å². The van der Waals surface area contributed by atoms with Gasteiger partial charge in [-0.25, -0.2) is 9.59 Å². The number of carbonyl (C=O) groups is 3. The van der Waals surface area contributed by atoms with Crippen LogP contribution in [0.5, 0.6) is 0 Å². The number of rotatable bonds is 7. The largest absolute Gasteiger partial charge is 0.473 e. The summed E-state index contributed by atoms with van der Waals surface area (Å²) in [4.78, 5) is 35.4. The molecule has 0 spiro atoms. The number of amides is 1. The van der Waals surface area contributed by atoms with Crippen LogP contribution >= 0.6 is 11.6 Å². The first-order chi connectivity index (χ1) is 15.8. The maximum absolute atomic E-state index is 13.0. The summed E-state index contributed by atoms with van der Waals surface area (Å²) < 4.78 is 0. The first kappa shape index (κ1) is 26.3. The highest BCUT2D eigenvalue weighted by atomic mass is 35.5. The molecule has 1 aliphatic rings. The Balaban J connectivity index is 0.000000569. The van der Waals surface area contributed by atoms with Gasteiger partial charge in [0, 0.05) is 30.6 Å². The molecule has 0 aromatic heterocycles. The van der Waals surface area contributed by atoms with Gasteiger partial charge in [0.05, 0.1) is 6.61 Å². The molecule has 2 aromatic rings. The van der Waals surface area contributed by atoms with Crippen LogP contribution < -0.4 is 0 Å². The van der Waals surface area contributed by atoms with E-state index in [2.05, 4.69) is 17.0 Å². The monoisotopic (exact) mass is 476 g/mol. The quantitative estimate of drug-likeness (QED) is 0.526. The molecule has 0 saturated carbocycles. The molecule has 1 amide bonds. The minimum Gasteiger partial charge on any atom is -0.473 e. The first-order valence-corrected chi connectivity index (χ1v) is 11.0. The number of nitrogens with zero attached hydrogens (tertiary/aromatic N) is 2. The highest BCUT2D eigenvalue weighted by molar-refractivity contribution is 6.30. The molecule has 3 N–H and O–H groups in total. The molecule has 1 heterocycles. The molecular weight excluding hydrogens is 448 g/mol. The number of aliphatic hydroxyl groups excluding tert-OH is 1. The van der Waals surface area contributed by atoms with E-state index in [0.717, 1.165) is 43.1 Å². The summed E-state index contributed by atoms with van der Waals surface area (Å²) in [6.07, 6.45) is 1.73. The molecule has 0 atom stereocenters. The predicted molar refractivity (Wildman–Crippen MR) is 124 cm³/mol. The smallest absolute Gasteiger partial charge is 0.414 e. The average molecular weight is 477 g/mol. The van der Waals surface area contributed by atoms with E-state index >= 15 is 0 Å². The third kappa shape index (κ3) is 9.21. The van der Waals surface area contributed by atoms with Crippen LogP contribution in [0.4, 0.5) is 0 Å². The standard InChI is InChI=1S/C22H27ClN2O2.C2H2O4/c23-21-8-6-19(7-9-21)16-24-12-10-20(11-13-24)22(27)25(14-15-26)17-18-4-2-1-3-5-18;3-1(4)2(5)6/h1-9,20,26H,10-17H2;(H,3,4)(H,5,6). The number of piperidine rings is 1. The lowest BCUT2D eigenvalue weighted by Crippen LogP contribution is -2.43. The summed E-state index contributed by atoms with van der Waals surface area (Å²) in [5, 5.41) is 24.9. The van der Waals surface area contributed by atoms with Gasteiger partial charge in [-0.3, -0.25) is 9.69 Å². The molecule has 33 heavy (non-hydrogen) atoms. The molecule has 0 unspecified atom stereocenters. The van der Waals surface area contributed by atoms with Crippen molar-refractivity contribution >= 4 is 29.4 Å². The van der Waals surface area contributed by atoms with E-state index in [9.17, 15) is 9.90 Å². The molecule has 1 fully saturated rings. The van der Waals surface area contributed by atoms with Crippen molar-refractivity contribution in [1.29, 1.82) is 0 Å². The molecule has 0 bridgehead atoms. The number of aliphatic carboxylic acids is 2. The van der Waals surface area contributed by atoms with Crippen molar-refractivity contribution in [3.8, 4) is 0 Å². The molecular formula is C24H29ClN2O6. The highest BCUT2D eigenvalue weighted by Gasteiger charge is 2.28. The van der Waals surface area contributed by atoms with E-state index in [-0.39, 0.29) is 18.4 Å². The highest BCUT2D eigenvalue weighted by Crippen LogP contribution is 2.22. The number of hydrogen-bond donors (Lipinski definition) is 3. The zero-order valence-electron chi connectivity index (χ0n) is 18.3. The zero-order valence-corrected chi connectivity index (χ0v) is 19.0. The van der Waals surface area contributed by atoms with Crippen molar-refractivity contribution in [2.45, 2.75) is 25.9 Å². The number of benzene rings is 2. The second-order valence-corrected chi connectivity index (χ2v) is 8.19. The van der Waals surface area contributed by atoms with Gasteiger partial charge in [0.15, 0.2) is 0 Å². The molecule has 0 aliphatic carbocycles. The normalized spacial score (nSPS) is 14.1. The topological polar surface area (TPSA) is 118 Å². The Morgan fingerprint density at radius 3 is 2.00 bits per heavy atom. The molecule has 3 rings (SSSR count). The number of aliphatic hydroxyl groups is 1. The van der Waals surface area contributed by atoms with Gasteiger partial charge in [0.2, 0.25) is 5.91 Å². The number of likely N-dealkylation sites (tertiary alicyclic amines) is 1. The van der Waals surface area contributed by atoms with Gasteiger partial charge in [-0.15, -0.1) is 0 Å². The van der Waals surface area contributed by atoms with E-state index in [1.165, 1.54) is 5.56 Å². The van der Waals surface area contributed by atoms with Gasteiger partial charge in [0.25, 0.3) is 0 Å². The zero-order chi connectivity index (χ0) is 24.2. The minimum atomic E-state index is -1.82. The molecule has 0 radical (unpaired) electrons. The van der Waals surface area contributed by atoms with Gasteiger partial charge in [-0.2, -0.15) is 0 Å². The summed E-state index contributed by atoms with van der Waals surface area (Å²) in [5.41, 5.74) is 2.34. The fourth-order valence-corrected chi connectivity index (χ4v) is 3.76. The summed E-state index contributed by atoms with van der Waals surface area (Å²) in [6.45, 7) is 3.66. The van der Waals surface area contributed by atoms with Crippen molar-refractivity contribution in [1.82, 2.24) is 9.80 Å². The Morgan fingerprint density at radius 2 is 1.48 bits per heavy atom. The molecule has 9 heteroatoms. The molecule has 1 saturated heterocycles. The summed E-state index contributed by atoms with van der Waals surface area (Å²) >= 11 is 5.95. The number of carboxylic acid groups (broad SMARTS) is 2. The van der Waals surface area contributed by atoms with Crippen LogP contribution in [-0.2, 0) is 27.5 Å². The minimum absolute atomic E-state index is 0.00597. The van der Waals surface area contributed by atoms with Crippen molar-refractivity contribution < 1.29 is 29.7 Å². The second-order valence-electron chi connectivity index (χ2n) is 7.76. The number of carboxylic acids is 2. The summed E-state index contributed by atoms with van der Waals surface area (Å²) in [6, 6.07) is 17.9. The van der Waals surface area contributed by atoms with Crippen LogP contribution in [0.3, 0.4) is 0 Å². The van der Waals surface area contributed by atoms with Crippen LogP contribution in [0.2, 0.25) is 5.02 Å². The van der Waals surface area contributed by atoms with E-state index < -0.39 is 11.9 Å². The van der Waals surface area contributed by atoms with Crippen molar-refractivity contribution in [2.75, 3.05) is 26.2 Å². The van der Waals surface area contributed by atoms with Gasteiger partial charge in [-0.05, 0) is 49.2 Å². The van der Waals surface area contributed by atoms with Gasteiger partial charge in [0.1, 0.15) is 0 Å². The van der Waals surface area contributed by atoms with Crippen molar-refractivity contribution in [2.24, 2.45) is 5.92 Å². The Labute approximate surface area is 198 Å². The summed E-state index contributed by atoms with van der Waals surface area (Å²) in [7, 11) is 0. The second kappa shape index (κ2) is 13.6. The van der Waals surface area contributed by atoms with Crippen molar-refractivity contribution in [3.05, 3.63) is 70.7 Å². The average Bonchev–Trinajstić information content (AvgIpc) is 2.81. The number of halogens is 1. The SMILES string of the molecule is O=C(C1CCN(Cc2ccc(Cl)cc2)CC1)N(CCO)Cc1ccccc1.O=C(O)C(=O)O. The fraction of sp³-hybridized carbons (Fsp3) is 0.375. The van der Waals surface area contributed by atoms with Crippen LogP contribution in [0.25, 0.3) is 0 Å². The van der Waals surface area contributed by atoms with E-state index in [1.807, 2.05) is 42.5 Å². The Morgan fingerprint density at radius 1 is 0.909 bits per heavy atom. The third-order valence-corrected chi connectivity index (χ3v) is 5.59. The number of hydrogen-bond acceptors (Lipinski definition) is 5. The van der Waals surface area contributed by atoms with Gasteiger partial charge < -0.3 is 20.2 Å². The van der Waals surface area contributed by atoms with Gasteiger partial charge >= 0.3 is 11.9 Å². The number of carbonyl (C=O) groups excluding carboxylic acids is 1. The van der Waals surface area contributed by atoms with Crippen LogP contribution in [-0.4, -0.2) is 69.2 Å². The van der Waals surface area contributed by atoms with E-state index in [0.29, 0.717) is 13.1 Å². The lowest BCUT2D eigenvalue weighted by Gasteiger charge is -2.34. The molecule has 1 aliphatic heterocycles. The first-order valence-electron chi connectivity index (χ1n) is 10.7. The Hall–Kier alpha value is -2.94. The fourth-order valence-electron chi connectivity index (χ4n) is 3.64.